The topological polar surface area (TPSA) is 58.6 Å². The maximum atomic E-state index is 11.1. The van der Waals surface area contributed by atoms with E-state index in [4.69, 9.17) is 9.84 Å². The Bertz CT molecular complexity index is 253. The Hall–Kier alpha value is -0.610. The highest BCUT2D eigenvalue weighted by atomic mass is 16.5. The first kappa shape index (κ1) is 11.9. The summed E-state index contributed by atoms with van der Waals surface area (Å²) in [6.45, 7) is 0. The third-order valence-electron chi connectivity index (χ3n) is 3.73. The lowest BCUT2D eigenvalue weighted by Gasteiger charge is -2.31. The van der Waals surface area contributed by atoms with E-state index < -0.39 is 5.97 Å². The van der Waals surface area contributed by atoms with Gasteiger partial charge in [-0.1, -0.05) is 0 Å². The van der Waals surface area contributed by atoms with Crippen LogP contribution in [-0.2, 0) is 9.53 Å². The highest BCUT2D eigenvalue weighted by Gasteiger charge is 2.38. The second-order valence-electron chi connectivity index (χ2n) is 5.04. The molecule has 4 heteroatoms. The van der Waals surface area contributed by atoms with Crippen LogP contribution in [0.4, 0.5) is 0 Å². The number of carboxylic acid groups (broad SMARTS) is 1. The summed E-state index contributed by atoms with van der Waals surface area (Å²) >= 11 is 0. The molecule has 2 aliphatic rings. The van der Waals surface area contributed by atoms with Gasteiger partial charge >= 0.3 is 5.97 Å². The summed E-state index contributed by atoms with van der Waals surface area (Å²) < 4.78 is 5.35. The molecule has 0 spiro atoms. The van der Waals surface area contributed by atoms with Crippen molar-refractivity contribution in [3.63, 3.8) is 0 Å². The van der Waals surface area contributed by atoms with Crippen LogP contribution in [0.15, 0.2) is 0 Å². The summed E-state index contributed by atoms with van der Waals surface area (Å²) in [6, 6.07) is -0.0130. The molecule has 16 heavy (non-hydrogen) atoms. The van der Waals surface area contributed by atoms with Crippen LogP contribution in [0.3, 0.4) is 0 Å². The molecule has 3 unspecified atom stereocenters. The molecule has 0 aromatic heterocycles. The molecule has 2 aliphatic carbocycles. The number of nitrogens with one attached hydrogen (secondary N) is 1. The molecular weight excluding hydrogens is 206 g/mol. The minimum Gasteiger partial charge on any atom is -0.480 e. The van der Waals surface area contributed by atoms with E-state index in [0.717, 1.165) is 38.5 Å². The number of hydrogen-bond donors (Lipinski definition) is 2. The molecule has 2 saturated carbocycles. The van der Waals surface area contributed by atoms with Crippen LogP contribution < -0.4 is 5.32 Å². The lowest BCUT2D eigenvalue weighted by molar-refractivity contribution is -0.140. The molecule has 0 heterocycles. The van der Waals surface area contributed by atoms with E-state index in [2.05, 4.69) is 5.32 Å². The van der Waals surface area contributed by atoms with Crippen LogP contribution in [-0.4, -0.2) is 36.4 Å². The van der Waals surface area contributed by atoms with Crippen molar-refractivity contribution < 1.29 is 14.6 Å². The lowest BCUT2D eigenvalue weighted by Crippen LogP contribution is -2.47. The fourth-order valence-electron chi connectivity index (χ4n) is 2.60. The second-order valence-corrected chi connectivity index (χ2v) is 5.04. The summed E-state index contributed by atoms with van der Waals surface area (Å²) in [7, 11) is 1.74. The Morgan fingerprint density at radius 1 is 1.38 bits per heavy atom. The Labute approximate surface area is 96.4 Å². The Balaban J connectivity index is 1.84. The van der Waals surface area contributed by atoms with Gasteiger partial charge in [-0.3, -0.25) is 4.79 Å². The fraction of sp³-hybridized carbons (Fsp3) is 0.917. The van der Waals surface area contributed by atoms with Crippen LogP contribution in [0, 0.1) is 5.92 Å². The van der Waals surface area contributed by atoms with E-state index in [1.807, 2.05) is 0 Å². The number of rotatable bonds is 5. The molecule has 0 aromatic carbocycles. The van der Waals surface area contributed by atoms with Gasteiger partial charge in [0.1, 0.15) is 6.04 Å². The van der Waals surface area contributed by atoms with Gasteiger partial charge in [-0.2, -0.15) is 0 Å². The molecule has 0 saturated heterocycles. The maximum Gasteiger partial charge on any atom is 0.320 e. The second kappa shape index (κ2) is 5.15. The molecule has 0 aliphatic heterocycles. The molecule has 0 bridgehead atoms. The zero-order valence-corrected chi connectivity index (χ0v) is 9.82. The minimum absolute atomic E-state index is 0.305. The first-order chi connectivity index (χ1) is 7.70. The molecule has 2 fully saturated rings. The fourth-order valence-corrected chi connectivity index (χ4v) is 2.60. The third-order valence-corrected chi connectivity index (χ3v) is 3.73. The van der Waals surface area contributed by atoms with Crippen LogP contribution in [0.25, 0.3) is 0 Å². The van der Waals surface area contributed by atoms with Crippen molar-refractivity contribution >= 4 is 5.97 Å². The number of hydrogen-bond acceptors (Lipinski definition) is 3. The molecule has 2 rings (SSSR count). The van der Waals surface area contributed by atoms with Crippen molar-refractivity contribution in [1.82, 2.24) is 5.32 Å². The summed E-state index contributed by atoms with van der Waals surface area (Å²) in [5.74, 6) is -0.331. The molecule has 3 atom stereocenters. The minimum atomic E-state index is -0.693. The monoisotopic (exact) mass is 227 g/mol. The van der Waals surface area contributed by atoms with Crippen LogP contribution in [0.2, 0.25) is 0 Å². The van der Waals surface area contributed by atoms with Gasteiger partial charge in [-0.05, 0) is 44.4 Å². The summed E-state index contributed by atoms with van der Waals surface area (Å²) in [4.78, 5) is 11.1. The molecule has 0 radical (unpaired) electrons. The summed E-state index contributed by atoms with van der Waals surface area (Å²) in [6.07, 6.45) is 6.70. The van der Waals surface area contributed by atoms with Gasteiger partial charge in [0.15, 0.2) is 0 Å². The SMILES string of the molecule is COC1CCCC(NC(C(=O)O)C2CC2)C1. The quantitative estimate of drug-likeness (QED) is 0.745. The molecule has 4 nitrogen and oxygen atoms in total. The highest BCUT2D eigenvalue weighted by molar-refractivity contribution is 5.74. The number of carboxylic acids is 1. The van der Waals surface area contributed by atoms with Gasteiger partial charge in [-0.15, -0.1) is 0 Å². The zero-order chi connectivity index (χ0) is 11.5. The summed E-state index contributed by atoms with van der Waals surface area (Å²) in [5, 5.41) is 12.4. The molecule has 2 N–H and O–H groups in total. The van der Waals surface area contributed by atoms with Crippen LogP contribution in [0.5, 0.6) is 0 Å². The van der Waals surface area contributed by atoms with Gasteiger partial charge < -0.3 is 15.2 Å². The molecule has 92 valence electrons. The first-order valence-corrected chi connectivity index (χ1v) is 6.22. The predicted molar refractivity (Wildman–Crippen MR) is 60.3 cm³/mol. The van der Waals surface area contributed by atoms with Crippen molar-refractivity contribution in [1.29, 1.82) is 0 Å². The van der Waals surface area contributed by atoms with Gasteiger partial charge in [0.2, 0.25) is 0 Å². The first-order valence-electron chi connectivity index (χ1n) is 6.22. The van der Waals surface area contributed by atoms with Gasteiger partial charge in [0, 0.05) is 13.2 Å². The van der Waals surface area contributed by atoms with Gasteiger partial charge in [0.05, 0.1) is 6.10 Å². The number of ether oxygens (including phenoxy) is 1. The van der Waals surface area contributed by atoms with E-state index in [1.54, 1.807) is 7.11 Å². The standard InChI is InChI=1S/C12H21NO3/c1-16-10-4-2-3-9(7-10)13-11(12(14)15)8-5-6-8/h8-11,13H,2-7H2,1H3,(H,14,15). The Kier molecular flexibility index (Phi) is 3.82. The number of methoxy groups -OCH3 is 1. The zero-order valence-electron chi connectivity index (χ0n) is 9.82. The van der Waals surface area contributed by atoms with Crippen molar-refractivity contribution in [2.45, 2.75) is 56.7 Å². The van der Waals surface area contributed by atoms with Gasteiger partial charge in [-0.25, -0.2) is 0 Å². The van der Waals surface area contributed by atoms with Crippen molar-refractivity contribution in [2.75, 3.05) is 7.11 Å². The van der Waals surface area contributed by atoms with Crippen LogP contribution >= 0.6 is 0 Å². The molecular formula is C12H21NO3. The van der Waals surface area contributed by atoms with E-state index >= 15 is 0 Å². The number of aliphatic carboxylic acids is 1. The van der Waals surface area contributed by atoms with E-state index in [0.29, 0.717) is 18.1 Å². The predicted octanol–water partition coefficient (Wildman–Crippen LogP) is 1.40. The van der Waals surface area contributed by atoms with Gasteiger partial charge in [0.25, 0.3) is 0 Å². The molecule has 0 aromatic rings. The molecule has 0 amide bonds. The Morgan fingerprint density at radius 3 is 2.69 bits per heavy atom. The van der Waals surface area contributed by atoms with E-state index in [-0.39, 0.29) is 6.04 Å². The normalized spacial score (nSPS) is 32.3. The summed E-state index contributed by atoms with van der Waals surface area (Å²) in [5.41, 5.74) is 0. The number of carbonyl (C=O) groups is 1. The third kappa shape index (κ3) is 2.95. The van der Waals surface area contributed by atoms with Crippen molar-refractivity contribution in [3.05, 3.63) is 0 Å². The largest absolute Gasteiger partial charge is 0.480 e. The smallest absolute Gasteiger partial charge is 0.320 e. The highest BCUT2D eigenvalue weighted by Crippen LogP contribution is 2.34. The maximum absolute atomic E-state index is 11.1. The van der Waals surface area contributed by atoms with Crippen LogP contribution in [0.1, 0.15) is 38.5 Å². The van der Waals surface area contributed by atoms with E-state index in [9.17, 15) is 4.79 Å². The average molecular weight is 227 g/mol. The average Bonchev–Trinajstić information content (AvgIpc) is 3.10. The van der Waals surface area contributed by atoms with Crippen molar-refractivity contribution in [3.8, 4) is 0 Å². The van der Waals surface area contributed by atoms with E-state index in [1.165, 1.54) is 0 Å². The lowest BCUT2D eigenvalue weighted by atomic mass is 9.92. The van der Waals surface area contributed by atoms with Crippen molar-refractivity contribution in [2.24, 2.45) is 5.92 Å². The Morgan fingerprint density at radius 2 is 2.12 bits per heavy atom.